The number of thiol groups is 1. The van der Waals surface area contributed by atoms with Gasteiger partial charge in [0.1, 0.15) is 18.5 Å². The number of hydrogen-bond donors (Lipinski definition) is 3. The molecule has 0 bridgehead atoms. The number of rotatable bonds is 11. The second-order valence-corrected chi connectivity index (χ2v) is 8.08. The molecule has 0 radical (unpaired) electrons. The molecule has 0 fully saturated rings. The summed E-state index contributed by atoms with van der Waals surface area (Å²) in [5, 5.41) is 13.7. The van der Waals surface area contributed by atoms with Crippen LogP contribution in [0.25, 0.3) is 10.8 Å². The first kappa shape index (κ1) is 25.4. The number of nitrogens with one attached hydrogen (secondary N) is 1. The molecule has 0 unspecified atom stereocenters. The van der Waals surface area contributed by atoms with Crippen LogP contribution >= 0.6 is 12.6 Å². The standard InChI is InChI=1S/C26H29NO6S/c1-18(13-15-32-24(29)17-34)25(20-9-11-21(12-10-20)31-16-14-28)33-26(30)27-23-8-4-6-19-5-2-3-7-22(19)23/h2-12,18,25,28,34H,13-17H2,1H3,(H,27,30)/t18-,25+/m1/s1. The number of benzene rings is 3. The highest BCUT2D eigenvalue weighted by Crippen LogP contribution is 2.31. The minimum Gasteiger partial charge on any atom is -0.491 e. The molecule has 0 aliphatic carbocycles. The van der Waals surface area contributed by atoms with E-state index in [0.29, 0.717) is 17.9 Å². The lowest BCUT2D eigenvalue weighted by Gasteiger charge is -2.25. The maximum absolute atomic E-state index is 12.9. The topological polar surface area (TPSA) is 94.1 Å². The van der Waals surface area contributed by atoms with Crippen LogP contribution in [-0.2, 0) is 14.3 Å². The fourth-order valence-corrected chi connectivity index (χ4v) is 3.67. The largest absolute Gasteiger partial charge is 0.491 e. The summed E-state index contributed by atoms with van der Waals surface area (Å²) in [5.41, 5.74) is 1.43. The number of anilines is 1. The van der Waals surface area contributed by atoms with Gasteiger partial charge in [-0.25, -0.2) is 4.79 Å². The molecule has 0 aliphatic heterocycles. The smallest absolute Gasteiger partial charge is 0.412 e. The average molecular weight is 484 g/mol. The zero-order valence-electron chi connectivity index (χ0n) is 19.0. The molecule has 0 spiro atoms. The highest BCUT2D eigenvalue weighted by molar-refractivity contribution is 7.81. The molecule has 0 saturated carbocycles. The molecule has 1 amide bonds. The van der Waals surface area contributed by atoms with Crippen molar-refractivity contribution in [3.05, 3.63) is 72.3 Å². The number of aliphatic hydroxyl groups excluding tert-OH is 1. The summed E-state index contributed by atoms with van der Waals surface area (Å²) < 4.78 is 16.4. The maximum Gasteiger partial charge on any atom is 0.412 e. The zero-order valence-corrected chi connectivity index (χ0v) is 19.9. The van der Waals surface area contributed by atoms with E-state index < -0.39 is 18.2 Å². The van der Waals surface area contributed by atoms with E-state index in [1.807, 2.05) is 61.5 Å². The van der Waals surface area contributed by atoms with Crippen LogP contribution in [0.4, 0.5) is 10.5 Å². The number of hydrogen-bond acceptors (Lipinski definition) is 7. The van der Waals surface area contributed by atoms with Gasteiger partial charge < -0.3 is 19.3 Å². The first-order chi connectivity index (χ1) is 16.5. The Balaban J connectivity index is 1.75. The Morgan fingerprint density at radius 2 is 1.74 bits per heavy atom. The van der Waals surface area contributed by atoms with E-state index in [1.165, 1.54) is 0 Å². The van der Waals surface area contributed by atoms with Crippen molar-refractivity contribution in [3.8, 4) is 5.75 Å². The lowest BCUT2D eigenvalue weighted by molar-refractivity contribution is -0.141. The van der Waals surface area contributed by atoms with Crippen LogP contribution in [0.3, 0.4) is 0 Å². The minimum absolute atomic E-state index is 0.0110. The Bertz CT molecular complexity index is 1080. The van der Waals surface area contributed by atoms with Crippen LogP contribution < -0.4 is 10.1 Å². The fourth-order valence-electron chi connectivity index (χ4n) is 3.57. The van der Waals surface area contributed by atoms with Crippen molar-refractivity contribution in [3.63, 3.8) is 0 Å². The minimum atomic E-state index is -0.587. The van der Waals surface area contributed by atoms with Crippen molar-refractivity contribution < 1.29 is 28.9 Å². The Labute approximate surface area is 204 Å². The number of carbonyl (C=O) groups is 2. The molecule has 34 heavy (non-hydrogen) atoms. The van der Waals surface area contributed by atoms with Crippen molar-refractivity contribution in [1.82, 2.24) is 0 Å². The van der Waals surface area contributed by atoms with Gasteiger partial charge in [-0.2, -0.15) is 12.6 Å². The molecule has 0 aromatic heterocycles. The molecule has 8 heteroatoms. The molecule has 2 N–H and O–H groups in total. The van der Waals surface area contributed by atoms with E-state index in [9.17, 15) is 9.59 Å². The van der Waals surface area contributed by atoms with Crippen LogP contribution in [0.1, 0.15) is 25.0 Å². The number of amides is 1. The van der Waals surface area contributed by atoms with Gasteiger partial charge in [0.2, 0.25) is 0 Å². The van der Waals surface area contributed by atoms with Gasteiger partial charge >= 0.3 is 12.1 Å². The third kappa shape index (κ3) is 7.13. The van der Waals surface area contributed by atoms with Crippen LogP contribution in [0, 0.1) is 5.92 Å². The second kappa shape index (κ2) is 12.9. The molecular formula is C26H29NO6S. The van der Waals surface area contributed by atoms with E-state index >= 15 is 0 Å². The Morgan fingerprint density at radius 3 is 2.47 bits per heavy atom. The van der Waals surface area contributed by atoms with Gasteiger partial charge in [0.25, 0.3) is 0 Å². The first-order valence-electron chi connectivity index (χ1n) is 11.1. The summed E-state index contributed by atoms with van der Waals surface area (Å²) in [6.07, 6.45) is -0.674. The van der Waals surface area contributed by atoms with Crippen molar-refractivity contribution in [1.29, 1.82) is 0 Å². The molecule has 2 atom stereocenters. The van der Waals surface area contributed by atoms with Crippen LogP contribution in [0.2, 0.25) is 0 Å². The van der Waals surface area contributed by atoms with Gasteiger partial charge in [-0.05, 0) is 35.6 Å². The van der Waals surface area contributed by atoms with E-state index in [-0.39, 0.29) is 31.5 Å². The number of ether oxygens (including phenoxy) is 3. The summed E-state index contributed by atoms with van der Waals surface area (Å²) in [4.78, 5) is 24.3. The Hall–Kier alpha value is -3.23. The molecule has 3 aromatic carbocycles. The molecule has 0 aliphatic rings. The van der Waals surface area contributed by atoms with E-state index in [1.54, 1.807) is 12.1 Å². The van der Waals surface area contributed by atoms with Crippen molar-refractivity contribution >= 4 is 41.2 Å². The number of carbonyl (C=O) groups excluding carboxylic acids is 2. The van der Waals surface area contributed by atoms with Crippen molar-refractivity contribution in [2.45, 2.75) is 19.4 Å². The van der Waals surface area contributed by atoms with Gasteiger partial charge in [-0.15, -0.1) is 0 Å². The quantitative estimate of drug-likeness (QED) is 0.263. The Morgan fingerprint density at radius 1 is 1.00 bits per heavy atom. The summed E-state index contributed by atoms with van der Waals surface area (Å²) >= 11 is 3.91. The SMILES string of the molecule is C[C@H](CCOC(=O)CS)[C@H](OC(=O)Nc1cccc2ccccc12)c1ccc(OCCO)cc1. The predicted octanol–water partition coefficient (Wildman–Crippen LogP) is 5.00. The first-order valence-corrected chi connectivity index (χ1v) is 11.7. The Kier molecular flexibility index (Phi) is 9.61. The molecule has 3 rings (SSSR count). The van der Waals surface area contributed by atoms with Gasteiger partial charge in [0.05, 0.1) is 24.7 Å². The van der Waals surface area contributed by atoms with Crippen molar-refractivity contribution in [2.24, 2.45) is 5.92 Å². The predicted molar refractivity (Wildman–Crippen MR) is 134 cm³/mol. The average Bonchev–Trinajstić information content (AvgIpc) is 2.86. The molecular weight excluding hydrogens is 454 g/mol. The number of fused-ring (bicyclic) bond motifs is 1. The van der Waals surface area contributed by atoms with Crippen LogP contribution in [-0.4, -0.2) is 42.7 Å². The molecule has 7 nitrogen and oxygen atoms in total. The van der Waals surface area contributed by atoms with E-state index in [4.69, 9.17) is 19.3 Å². The van der Waals surface area contributed by atoms with Gasteiger partial charge in [0, 0.05) is 11.3 Å². The number of aliphatic hydroxyl groups is 1. The van der Waals surface area contributed by atoms with Crippen LogP contribution in [0.5, 0.6) is 5.75 Å². The maximum atomic E-state index is 12.9. The third-order valence-electron chi connectivity index (χ3n) is 5.31. The summed E-state index contributed by atoms with van der Waals surface area (Å²) in [6.45, 7) is 2.24. The lowest BCUT2D eigenvalue weighted by atomic mass is 9.94. The second-order valence-electron chi connectivity index (χ2n) is 7.76. The van der Waals surface area contributed by atoms with E-state index in [2.05, 4.69) is 17.9 Å². The van der Waals surface area contributed by atoms with Gasteiger partial charge in [-0.3, -0.25) is 10.1 Å². The fraction of sp³-hybridized carbons (Fsp3) is 0.308. The lowest BCUT2D eigenvalue weighted by Crippen LogP contribution is -2.23. The monoisotopic (exact) mass is 483 g/mol. The highest BCUT2D eigenvalue weighted by atomic mass is 32.1. The van der Waals surface area contributed by atoms with Gasteiger partial charge in [-0.1, -0.05) is 55.5 Å². The van der Waals surface area contributed by atoms with Crippen LogP contribution in [0.15, 0.2) is 66.7 Å². The van der Waals surface area contributed by atoms with Gasteiger partial charge in [0.15, 0.2) is 0 Å². The summed E-state index contributed by atoms with van der Waals surface area (Å²) in [7, 11) is 0. The summed E-state index contributed by atoms with van der Waals surface area (Å²) in [6, 6.07) is 20.6. The summed E-state index contributed by atoms with van der Waals surface area (Å²) in [5.74, 6) is 0.0752. The van der Waals surface area contributed by atoms with E-state index in [0.717, 1.165) is 16.3 Å². The number of esters is 1. The van der Waals surface area contributed by atoms with Crippen molar-refractivity contribution in [2.75, 3.05) is 30.9 Å². The molecule has 3 aromatic rings. The molecule has 180 valence electrons. The molecule has 0 heterocycles. The molecule has 0 saturated heterocycles. The zero-order chi connectivity index (χ0) is 24.3. The third-order valence-corrected chi connectivity index (χ3v) is 5.57. The normalized spacial score (nSPS) is 12.6. The highest BCUT2D eigenvalue weighted by Gasteiger charge is 2.24.